The van der Waals surface area contributed by atoms with Crippen molar-refractivity contribution >= 4 is 23.3 Å². The second-order valence-corrected chi connectivity index (χ2v) is 6.38. The zero-order valence-electron chi connectivity index (χ0n) is 14.4. The highest BCUT2D eigenvalue weighted by Crippen LogP contribution is 2.28. The molecule has 0 atom stereocenters. The average Bonchev–Trinajstić information content (AvgIpc) is 3.02. The van der Waals surface area contributed by atoms with E-state index in [1.54, 1.807) is 32.4 Å². The van der Waals surface area contributed by atoms with Crippen LogP contribution in [0.4, 0.5) is 0 Å². The minimum Gasteiger partial charge on any atom is -0.493 e. The van der Waals surface area contributed by atoms with Gasteiger partial charge in [0.05, 0.1) is 20.0 Å². The number of ketones is 1. The van der Waals surface area contributed by atoms with E-state index < -0.39 is 0 Å². The smallest absolute Gasteiger partial charge is 0.256 e. The minimum atomic E-state index is -0.0274. The Labute approximate surface area is 149 Å². The number of nitrogens with zero attached hydrogens (tertiary/aromatic N) is 4. The van der Waals surface area contributed by atoms with Crippen molar-refractivity contribution in [1.29, 1.82) is 0 Å². The minimum absolute atomic E-state index is 0.0274. The van der Waals surface area contributed by atoms with Gasteiger partial charge in [0.25, 0.3) is 5.78 Å². The van der Waals surface area contributed by atoms with Crippen LogP contribution in [0.25, 0.3) is 5.78 Å². The number of rotatable bonds is 6. The summed E-state index contributed by atoms with van der Waals surface area (Å²) in [7, 11) is 3.10. The van der Waals surface area contributed by atoms with Crippen LogP contribution in [0.5, 0.6) is 11.5 Å². The predicted molar refractivity (Wildman–Crippen MR) is 94.9 cm³/mol. The van der Waals surface area contributed by atoms with Crippen LogP contribution in [0.15, 0.2) is 29.4 Å². The summed E-state index contributed by atoms with van der Waals surface area (Å²) in [5.74, 6) is 1.87. The summed E-state index contributed by atoms with van der Waals surface area (Å²) in [4.78, 5) is 16.8. The molecule has 7 nitrogen and oxygen atoms in total. The van der Waals surface area contributed by atoms with E-state index in [0.717, 1.165) is 11.4 Å². The Morgan fingerprint density at radius 3 is 2.60 bits per heavy atom. The third-order valence-corrected chi connectivity index (χ3v) is 4.63. The Balaban J connectivity index is 1.79. The number of methoxy groups -OCH3 is 2. The number of ether oxygens (including phenoxy) is 2. The first-order valence-electron chi connectivity index (χ1n) is 7.61. The lowest BCUT2D eigenvalue weighted by molar-refractivity contribution is 0.102. The molecule has 3 rings (SSSR count). The molecule has 0 amide bonds. The molecule has 0 N–H and O–H groups in total. The summed E-state index contributed by atoms with van der Waals surface area (Å²) in [5, 5.41) is 8.86. The first kappa shape index (κ1) is 17.2. The topological polar surface area (TPSA) is 78.6 Å². The molecular weight excluding hydrogens is 340 g/mol. The van der Waals surface area contributed by atoms with Gasteiger partial charge >= 0.3 is 0 Å². The van der Waals surface area contributed by atoms with Gasteiger partial charge in [0.1, 0.15) is 0 Å². The quantitative estimate of drug-likeness (QED) is 0.495. The molecule has 0 radical (unpaired) electrons. The number of aromatic nitrogens is 4. The fourth-order valence-electron chi connectivity index (χ4n) is 2.52. The van der Waals surface area contributed by atoms with Crippen LogP contribution >= 0.6 is 11.8 Å². The molecule has 8 heteroatoms. The maximum absolute atomic E-state index is 12.5. The standard InChI is InChI=1S/C17H18N4O3S/c1-10-7-11(2)21-16(18-10)19-20-17(21)25-9-13(22)12-5-6-14(23-3)15(8-12)24-4/h5-8H,9H2,1-4H3. The number of thioether (sulfide) groups is 1. The van der Waals surface area contributed by atoms with Gasteiger partial charge in [-0.1, -0.05) is 11.8 Å². The molecule has 0 saturated heterocycles. The van der Waals surface area contributed by atoms with Crippen molar-refractivity contribution in [2.24, 2.45) is 0 Å². The van der Waals surface area contributed by atoms with Crippen molar-refractivity contribution in [1.82, 2.24) is 19.6 Å². The van der Waals surface area contributed by atoms with Gasteiger partial charge in [0, 0.05) is 17.0 Å². The maximum atomic E-state index is 12.5. The van der Waals surface area contributed by atoms with E-state index in [1.165, 1.54) is 11.8 Å². The molecule has 25 heavy (non-hydrogen) atoms. The molecule has 0 spiro atoms. The molecule has 3 aromatic rings. The molecule has 0 unspecified atom stereocenters. The second-order valence-electron chi connectivity index (χ2n) is 5.44. The molecule has 2 heterocycles. The number of benzene rings is 1. The lowest BCUT2D eigenvalue weighted by atomic mass is 10.1. The third-order valence-electron chi connectivity index (χ3n) is 3.70. The fourth-order valence-corrected chi connectivity index (χ4v) is 3.40. The molecular formula is C17H18N4O3S. The van der Waals surface area contributed by atoms with E-state index in [0.29, 0.717) is 28.0 Å². The summed E-state index contributed by atoms with van der Waals surface area (Å²) < 4.78 is 12.3. The number of Topliss-reactive ketones (excluding diaryl/α,β-unsaturated/α-hetero) is 1. The first-order valence-corrected chi connectivity index (χ1v) is 8.59. The van der Waals surface area contributed by atoms with Crippen LogP contribution in [0.2, 0.25) is 0 Å². The molecule has 130 valence electrons. The van der Waals surface area contributed by atoms with Gasteiger partial charge in [-0.2, -0.15) is 0 Å². The maximum Gasteiger partial charge on any atom is 0.256 e. The number of aryl methyl sites for hydroxylation is 2. The van der Waals surface area contributed by atoms with Crippen molar-refractivity contribution in [3.05, 3.63) is 41.2 Å². The molecule has 0 aliphatic rings. The van der Waals surface area contributed by atoms with E-state index in [4.69, 9.17) is 9.47 Å². The number of fused-ring (bicyclic) bond motifs is 1. The Kier molecular flexibility index (Phi) is 4.89. The normalized spacial score (nSPS) is 10.9. The summed E-state index contributed by atoms with van der Waals surface area (Å²) in [5.41, 5.74) is 2.42. The molecule has 0 bridgehead atoms. The van der Waals surface area contributed by atoms with Gasteiger partial charge < -0.3 is 9.47 Å². The molecule has 0 aliphatic carbocycles. The van der Waals surface area contributed by atoms with Crippen LogP contribution in [0, 0.1) is 13.8 Å². The SMILES string of the molecule is COc1ccc(C(=O)CSc2nnc3nc(C)cc(C)n23)cc1OC. The van der Waals surface area contributed by atoms with Gasteiger partial charge in [-0.05, 0) is 38.1 Å². The highest BCUT2D eigenvalue weighted by Gasteiger charge is 2.15. The lowest BCUT2D eigenvalue weighted by Crippen LogP contribution is -2.05. The van der Waals surface area contributed by atoms with Gasteiger partial charge in [0.15, 0.2) is 22.4 Å². The fraction of sp³-hybridized carbons (Fsp3) is 0.294. The summed E-state index contributed by atoms with van der Waals surface area (Å²) in [6, 6.07) is 7.08. The van der Waals surface area contributed by atoms with Crippen LogP contribution in [0.1, 0.15) is 21.7 Å². The Morgan fingerprint density at radius 2 is 1.88 bits per heavy atom. The Hall–Kier alpha value is -2.61. The van der Waals surface area contributed by atoms with Crippen LogP contribution < -0.4 is 9.47 Å². The van der Waals surface area contributed by atoms with E-state index in [9.17, 15) is 4.79 Å². The summed E-state index contributed by atoms with van der Waals surface area (Å²) in [6.45, 7) is 3.88. The zero-order chi connectivity index (χ0) is 18.0. The molecule has 1 aromatic carbocycles. The monoisotopic (exact) mass is 358 g/mol. The van der Waals surface area contributed by atoms with Crippen molar-refractivity contribution in [2.75, 3.05) is 20.0 Å². The predicted octanol–water partition coefficient (Wildman–Crippen LogP) is 2.73. The Bertz CT molecular complexity index is 939. The average molecular weight is 358 g/mol. The highest BCUT2D eigenvalue weighted by atomic mass is 32.2. The molecule has 0 aliphatic heterocycles. The third kappa shape index (κ3) is 3.43. The largest absolute Gasteiger partial charge is 0.493 e. The van der Waals surface area contributed by atoms with Crippen molar-refractivity contribution in [2.45, 2.75) is 19.0 Å². The van der Waals surface area contributed by atoms with Gasteiger partial charge in [-0.15, -0.1) is 10.2 Å². The van der Waals surface area contributed by atoms with Crippen molar-refractivity contribution in [3.63, 3.8) is 0 Å². The molecule has 0 saturated carbocycles. The number of carbonyl (C=O) groups is 1. The Morgan fingerprint density at radius 1 is 1.12 bits per heavy atom. The van der Waals surface area contributed by atoms with Crippen LogP contribution in [-0.2, 0) is 0 Å². The van der Waals surface area contributed by atoms with E-state index in [2.05, 4.69) is 15.2 Å². The van der Waals surface area contributed by atoms with Gasteiger partial charge in [0.2, 0.25) is 0 Å². The highest BCUT2D eigenvalue weighted by molar-refractivity contribution is 7.99. The van der Waals surface area contributed by atoms with Gasteiger partial charge in [-0.25, -0.2) is 4.98 Å². The summed E-state index contributed by atoms with van der Waals surface area (Å²) >= 11 is 1.33. The zero-order valence-corrected chi connectivity index (χ0v) is 15.3. The number of hydrogen-bond donors (Lipinski definition) is 0. The first-order chi connectivity index (χ1) is 12.0. The van der Waals surface area contributed by atoms with E-state index in [-0.39, 0.29) is 11.5 Å². The van der Waals surface area contributed by atoms with Gasteiger partial charge in [-0.3, -0.25) is 9.20 Å². The molecule has 2 aromatic heterocycles. The summed E-state index contributed by atoms with van der Waals surface area (Å²) in [6.07, 6.45) is 0. The lowest BCUT2D eigenvalue weighted by Gasteiger charge is -2.09. The number of carbonyl (C=O) groups excluding carboxylic acids is 1. The second kappa shape index (κ2) is 7.10. The van der Waals surface area contributed by atoms with E-state index >= 15 is 0 Å². The molecule has 0 fully saturated rings. The van der Waals surface area contributed by atoms with E-state index in [1.807, 2.05) is 24.3 Å². The van der Waals surface area contributed by atoms with Crippen LogP contribution in [0.3, 0.4) is 0 Å². The van der Waals surface area contributed by atoms with Crippen molar-refractivity contribution < 1.29 is 14.3 Å². The van der Waals surface area contributed by atoms with Crippen molar-refractivity contribution in [3.8, 4) is 11.5 Å². The number of hydrogen-bond acceptors (Lipinski definition) is 7. The van der Waals surface area contributed by atoms with Crippen LogP contribution in [-0.4, -0.2) is 45.3 Å².